The molecule has 1 aromatic rings. The molecule has 1 heterocycles. The lowest BCUT2D eigenvalue weighted by molar-refractivity contribution is -0.127. The monoisotopic (exact) mass is 322 g/mol. The SMILES string of the molecule is CCOCCCNC(=O)[C@]1(C)CCC(=O)N1c1ccccc1F. The van der Waals surface area contributed by atoms with Crippen LogP contribution in [0.15, 0.2) is 24.3 Å². The van der Waals surface area contributed by atoms with Crippen molar-refractivity contribution in [2.75, 3.05) is 24.7 Å². The van der Waals surface area contributed by atoms with Crippen LogP contribution in [0.5, 0.6) is 0 Å². The molecular weight excluding hydrogens is 299 g/mol. The van der Waals surface area contributed by atoms with Gasteiger partial charge in [0.25, 0.3) is 0 Å². The Bertz CT molecular complexity index is 579. The molecule has 1 aliphatic rings. The highest BCUT2D eigenvalue weighted by Crippen LogP contribution is 2.36. The van der Waals surface area contributed by atoms with Crippen LogP contribution in [0.25, 0.3) is 0 Å². The molecule has 1 fully saturated rings. The molecule has 0 aromatic heterocycles. The zero-order valence-electron chi connectivity index (χ0n) is 13.6. The van der Waals surface area contributed by atoms with Crippen LogP contribution < -0.4 is 10.2 Å². The van der Waals surface area contributed by atoms with Crippen LogP contribution in [0.4, 0.5) is 10.1 Å². The third kappa shape index (κ3) is 3.69. The van der Waals surface area contributed by atoms with E-state index in [-0.39, 0.29) is 23.9 Å². The number of benzene rings is 1. The second kappa shape index (κ2) is 7.55. The largest absolute Gasteiger partial charge is 0.382 e. The highest BCUT2D eigenvalue weighted by Gasteiger charge is 2.48. The van der Waals surface area contributed by atoms with Gasteiger partial charge in [0, 0.05) is 26.2 Å². The molecule has 5 nitrogen and oxygen atoms in total. The Kier molecular flexibility index (Phi) is 5.71. The van der Waals surface area contributed by atoms with Gasteiger partial charge in [-0.2, -0.15) is 0 Å². The van der Waals surface area contributed by atoms with Gasteiger partial charge in [-0.15, -0.1) is 0 Å². The lowest BCUT2D eigenvalue weighted by Gasteiger charge is -2.34. The number of halogens is 1. The van der Waals surface area contributed by atoms with Crippen LogP contribution in [0.3, 0.4) is 0 Å². The quantitative estimate of drug-likeness (QED) is 0.783. The summed E-state index contributed by atoms with van der Waals surface area (Å²) >= 11 is 0. The molecule has 0 aliphatic carbocycles. The minimum atomic E-state index is -1.06. The third-order valence-corrected chi connectivity index (χ3v) is 4.11. The van der Waals surface area contributed by atoms with E-state index < -0.39 is 11.4 Å². The second-order valence-electron chi connectivity index (χ2n) is 5.76. The Balaban J connectivity index is 2.10. The fourth-order valence-electron chi connectivity index (χ4n) is 2.81. The molecule has 0 saturated carbocycles. The van der Waals surface area contributed by atoms with Gasteiger partial charge in [0.15, 0.2) is 0 Å². The summed E-state index contributed by atoms with van der Waals surface area (Å²) < 4.78 is 19.3. The molecule has 0 spiro atoms. The van der Waals surface area contributed by atoms with Crippen molar-refractivity contribution in [1.82, 2.24) is 5.32 Å². The van der Waals surface area contributed by atoms with Crippen molar-refractivity contribution in [3.8, 4) is 0 Å². The summed E-state index contributed by atoms with van der Waals surface area (Å²) in [6, 6.07) is 6.04. The maximum atomic E-state index is 14.1. The van der Waals surface area contributed by atoms with Crippen molar-refractivity contribution in [3.05, 3.63) is 30.1 Å². The van der Waals surface area contributed by atoms with Crippen molar-refractivity contribution >= 4 is 17.5 Å². The molecule has 1 aliphatic heterocycles. The summed E-state index contributed by atoms with van der Waals surface area (Å²) in [6.45, 7) is 5.27. The number of carbonyl (C=O) groups is 2. The summed E-state index contributed by atoms with van der Waals surface area (Å²) in [5.41, 5.74) is -0.910. The molecule has 2 amide bonds. The van der Waals surface area contributed by atoms with Gasteiger partial charge >= 0.3 is 0 Å². The standard InChI is InChI=1S/C17H23FN2O3/c1-3-23-12-6-11-19-16(22)17(2)10-9-15(21)20(17)14-8-5-4-7-13(14)18/h4-5,7-8H,3,6,9-12H2,1-2H3,(H,19,22)/t17-/m0/s1. The maximum absolute atomic E-state index is 14.1. The predicted molar refractivity (Wildman–Crippen MR) is 85.6 cm³/mol. The first kappa shape index (κ1) is 17.4. The van der Waals surface area contributed by atoms with Crippen LogP contribution in [0.1, 0.15) is 33.1 Å². The average molecular weight is 322 g/mol. The lowest BCUT2D eigenvalue weighted by Crippen LogP contribution is -2.55. The van der Waals surface area contributed by atoms with Crippen LogP contribution in [-0.4, -0.2) is 37.1 Å². The molecular formula is C17H23FN2O3. The van der Waals surface area contributed by atoms with E-state index in [2.05, 4.69) is 5.32 Å². The molecule has 6 heteroatoms. The Morgan fingerprint density at radius 1 is 1.43 bits per heavy atom. The molecule has 0 radical (unpaired) electrons. The van der Waals surface area contributed by atoms with Gasteiger partial charge < -0.3 is 10.1 Å². The van der Waals surface area contributed by atoms with Gasteiger partial charge in [0.1, 0.15) is 11.4 Å². The summed E-state index contributed by atoms with van der Waals surface area (Å²) in [6.07, 6.45) is 1.30. The normalized spacial score (nSPS) is 20.8. The van der Waals surface area contributed by atoms with Crippen molar-refractivity contribution in [1.29, 1.82) is 0 Å². The van der Waals surface area contributed by atoms with E-state index in [1.807, 2.05) is 6.92 Å². The summed E-state index contributed by atoms with van der Waals surface area (Å²) in [5.74, 6) is -0.997. The van der Waals surface area contributed by atoms with Crippen LogP contribution in [-0.2, 0) is 14.3 Å². The van der Waals surface area contributed by atoms with E-state index in [1.165, 1.54) is 17.0 Å². The number of hydrogen-bond acceptors (Lipinski definition) is 3. The van der Waals surface area contributed by atoms with Gasteiger partial charge in [-0.25, -0.2) is 4.39 Å². The topological polar surface area (TPSA) is 58.6 Å². The van der Waals surface area contributed by atoms with E-state index in [0.29, 0.717) is 32.6 Å². The third-order valence-electron chi connectivity index (χ3n) is 4.11. The first-order chi connectivity index (χ1) is 11.0. The molecule has 1 saturated heterocycles. The first-order valence-corrected chi connectivity index (χ1v) is 7.94. The number of hydrogen-bond donors (Lipinski definition) is 1. The fourth-order valence-corrected chi connectivity index (χ4v) is 2.81. The first-order valence-electron chi connectivity index (χ1n) is 7.94. The van der Waals surface area contributed by atoms with E-state index >= 15 is 0 Å². The number of para-hydroxylation sites is 1. The molecule has 0 unspecified atom stereocenters. The molecule has 1 atom stereocenters. The minimum Gasteiger partial charge on any atom is -0.382 e. The van der Waals surface area contributed by atoms with E-state index in [0.717, 1.165) is 0 Å². The fraction of sp³-hybridized carbons (Fsp3) is 0.529. The van der Waals surface area contributed by atoms with Crippen molar-refractivity contribution in [2.45, 2.75) is 38.6 Å². The zero-order chi connectivity index (χ0) is 16.9. The number of ether oxygens (including phenoxy) is 1. The number of anilines is 1. The highest BCUT2D eigenvalue weighted by molar-refractivity contribution is 6.06. The van der Waals surface area contributed by atoms with E-state index in [4.69, 9.17) is 4.74 Å². The van der Waals surface area contributed by atoms with E-state index in [1.54, 1.807) is 19.1 Å². The van der Waals surface area contributed by atoms with Crippen molar-refractivity contribution in [3.63, 3.8) is 0 Å². The zero-order valence-corrected chi connectivity index (χ0v) is 13.6. The maximum Gasteiger partial charge on any atom is 0.246 e. The highest BCUT2D eigenvalue weighted by atomic mass is 19.1. The predicted octanol–water partition coefficient (Wildman–Crippen LogP) is 2.25. The lowest BCUT2D eigenvalue weighted by atomic mass is 9.97. The number of carbonyl (C=O) groups excluding carboxylic acids is 2. The summed E-state index contributed by atoms with van der Waals surface area (Å²) in [7, 11) is 0. The average Bonchev–Trinajstić information content (AvgIpc) is 2.84. The van der Waals surface area contributed by atoms with Gasteiger partial charge in [-0.05, 0) is 38.8 Å². The van der Waals surface area contributed by atoms with Gasteiger partial charge in [-0.1, -0.05) is 12.1 Å². The van der Waals surface area contributed by atoms with Crippen molar-refractivity contribution < 1.29 is 18.7 Å². The Labute approximate surface area is 135 Å². The smallest absolute Gasteiger partial charge is 0.246 e. The van der Waals surface area contributed by atoms with E-state index in [9.17, 15) is 14.0 Å². The molecule has 23 heavy (non-hydrogen) atoms. The van der Waals surface area contributed by atoms with Crippen LogP contribution >= 0.6 is 0 Å². The molecule has 1 aromatic carbocycles. The van der Waals surface area contributed by atoms with Crippen molar-refractivity contribution in [2.24, 2.45) is 0 Å². The Morgan fingerprint density at radius 2 is 2.17 bits per heavy atom. The molecule has 126 valence electrons. The second-order valence-corrected chi connectivity index (χ2v) is 5.76. The van der Waals surface area contributed by atoms with Gasteiger partial charge in [0.2, 0.25) is 11.8 Å². The Hall–Kier alpha value is -1.95. The summed E-state index contributed by atoms with van der Waals surface area (Å²) in [5, 5.41) is 2.83. The Morgan fingerprint density at radius 3 is 2.87 bits per heavy atom. The number of rotatable bonds is 7. The molecule has 2 rings (SSSR count). The van der Waals surface area contributed by atoms with Gasteiger partial charge in [-0.3, -0.25) is 14.5 Å². The minimum absolute atomic E-state index is 0.155. The number of amides is 2. The molecule has 1 N–H and O–H groups in total. The van der Waals surface area contributed by atoms with Crippen LogP contribution in [0, 0.1) is 5.82 Å². The molecule has 0 bridgehead atoms. The summed E-state index contributed by atoms with van der Waals surface area (Å²) in [4.78, 5) is 26.1. The van der Waals surface area contributed by atoms with Gasteiger partial charge in [0.05, 0.1) is 5.69 Å². The number of nitrogens with one attached hydrogen (secondary N) is 1. The number of nitrogens with zero attached hydrogens (tertiary/aromatic N) is 1. The van der Waals surface area contributed by atoms with Crippen LogP contribution in [0.2, 0.25) is 0 Å².